The van der Waals surface area contributed by atoms with E-state index in [1.165, 1.54) is 30.5 Å². The summed E-state index contributed by atoms with van der Waals surface area (Å²) in [5.74, 6) is 0.594. The largest absolute Gasteiger partial charge is 0.331 e. The van der Waals surface area contributed by atoms with Crippen LogP contribution in [0.2, 0.25) is 0 Å². The highest BCUT2D eigenvalue weighted by Gasteiger charge is 2.21. The van der Waals surface area contributed by atoms with Crippen molar-refractivity contribution in [1.29, 1.82) is 0 Å². The number of carbonyl (C=O) groups excluding carboxylic acids is 1. The summed E-state index contributed by atoms with van der Waals surface area (Å²) in [6.45, 7) is 12.3. The van der Waals surface area contributed by atoms with Crippen LogP contribution in [0.15, 0.2) is 42.5 Å². The van der Waals surface area contributed by atoms with Crippen molar-refractivity contribution < 1.29 is 9.18 Å². The van der Waals surface area contributed by atoms with Crippen molar-refractivity contribution in [3.8, 4) is 0 Å². The number of benzene rings is 2. The van der Waals surface area contributed by atoms with Gasteiger partial charge in [-0.1, -0.05) is 46.2 Å². The Bertz CT molecular complexity index is 1090. The first-order chi connectivity index (χ1) is 16.3. The first-order valence-corrected chi connectivity index (χ1v) is 12.5. The Morgan fingerprint density at radius 3 is 2.56 bits per heavy atom. The van der Waals surface area contributed by atoms with Gasteiger partial charge in [-0.2, -0.15) is 0 Å². The first-order valence-electron chi connectivity index (χ1n) is 12.5. The lowest BCUT2D eigenvalue weighted by molar-refractivity contribution is 0.0715. The molecule has 1 amide bonds. The van der Waals surface area contributed by atoms with Crippen LogP contribution in [-0.4, -0.2) is 45.4 Å². The Hall–Kier alpha value is -2.73. The Morgan fingerprint density at radius 1 is 1.09 bits per heavy atom. The molecule has 0 spiro atoms. The van der Waals surface area contributed by atoms with Crippen LogP contribution in [0.1, 0.15) is 68.7 Å². The van der Waals surface area contributed by atoms with Crippen LogP contribution in [0, 0.1) is 11.7 Å². The van der Waals surface area contributed by atoms with Crippen molar-refractivity contribution in [2.75, 3.05) is 20.1 Å². The Kier molecular flexibility index (Phi) is 9.22. The van der Waals surface area contributed by atoms with Gasteiger partial charge in [0.25, 0.3) is 5.91 Å². The maximum atomic E-state index is 13.8. The number of halogens is 1. The highest BCUT2D eigenvalue weighted by Crippen LogP contribution is 2.22. The topological polar surface area (TPSA) is 41.4 Å². The zero-order chi connectivity index (χ0) is 24.7. The molecule has 0 saturated carbocycles. The molecule has 0 atom stereocenters. The molecule has 2 aromatic carbocycles. The number of imidazole rings is 1. The maximum Gasteiger partial charge on any atom is 0.254 e. The smallest absolute Gasteiger partial charge is 0.254 e. The zero-order valence-electron chi connectivity index (χ0n) is 21.4. The molecule has 5 nitrogen and oxygen atoms in total. The average Bonchev–Trinajstić information content (AvgIpc) is 3.13. The number of amides is 1. The summed E-state index contributed by atoms with van der Waals surface area (Å²) in [7, 11) is 2.16. The fourth-order valence-corrected chi connectivity index (χ4v) is 4.37. The second kappa shape index (κ2) is 12.1. The molecule has 1 aromatic heterocycles. The number of rotatable bonds is 12. The number of hydrogen-bond acceptors (Lipinski definition) is 3. The molecule has 3 rings (SSSR count). The van der Waals surface area contributed by atoms with Gasteiger partial charge in [0.15, 0.2) is 0 Å². The van der Waals surface area contributed by atoms with E-state index in [0.717, 1.165) is 42.9 Å². The van der Waals surface area contributed by atoms with Gasteiger partial charge in [0.2, 0.25) is 0 Å². The number of nitrogens with zero attached hydrogens (tertiary/aromatic N) is 4. The second-order valence-corrected chi connectivity index (χ2v) is 9.68. The third kappa shape index (κ3) is 6.66. The number of aryl methyl sites for hydroxylation is 1. The molecule has 0 aliphatic rings. The predicted octanol–water partition coefficient (Wildman–Crippen LogP) is 6.12. The molecule has 0 saturated heterocycles. The molecule has 0 bridgehead atoms. The van der Waals surface area contributed by atoms with Crippen LogP contribution < -0.4 is 0 Å². The Balaban J connectivity index is 1.91. The Morgan fingerprint density at radius 2 is 1.88 bits per heavy atom. The minimum atomic E-state index is -0.398. The van der Waals surface area contributed by atoms with E-state index < -0.39 is 5.82 Å². The van der Waals surface area contributed by atoms with E-state index in [1.807, 2.05) is 0 Å². The van der Waals surface area contributed by atoms with Crippen molar-refractivity contribution in [2.24, 2.45) is 5.92 Å². The van der Waals surface area contributed by atoms with E-state index in [9.17, 15) is 9.18 Å². The number of carbonyl (C=O) groups is 1. The van der Waals surface area contributed by atoms with Crippen LogP contribution in [0.25, 0.3) is 11.0 Å². The third-order valence-electron chi connectivity index (χ3n) is 5.96. The number of aromatic nitrogens is 2. The molecule has 184 valence electrons. The van der Waals surface area contributed by atoms with Gasteiger partial charge in [-0.05, 0) is 68.2 Å². The normalized spacial score (nSPS) is 11.6. The van der Waals surface area contributed by atoms with Gasteiger partial charge in [-0.3, -0.25) is 4.79 Å². The van der Waals surface area contributed by atoms with Crippen molar-refractivity contribution in [1.82, 2.24) is 19.4 Å². The highest BCUT2D eigenvalue weighted by molar-refractivity contribution is 5.94. The van der Waals surface area contributed by atoms with Gasteiger partial charge in [-0.15, -0.1) is 0 Å². The molecule has 0 N–H and O–H groups in total. The lowest BCUT2D eigenvalue weighted by Crippen LogP contribution is -2.34. The van der Waals surface area contributed by atoms with Gasteiger partial charge in [0, 0.05) is 25.2 Å². The molecule has 0 fully saturated rings. The van der Waals surface area contributed by atoms with Gasteiger partial charge in [0.1, 0.15) is 11.6 Å². The summed E-state index contributed by atoms with van der Waals surface area (Å²) in [6.07, 6.45) is 3.36. The van der Waals surface area contributed by atoms with Crippen molar-refractivity contribution in [3.05, 3.63) is 65.2 Å². The van der Waals surface area contributed by atoms with Crippen molar-refractivity contribution in [3.63, 3.8) is 0 Å². The van der Waals surface area contributed by atoms with Crippen LogP contribution in [0.5, 0.6) is 0 Å². The lowest BCUT2D eigenvalue weighted by Gasteiger charge is -2.25. The van der Waals surface area contributed by atoms with Crippen LogP contribution in [-0.2, 0) is 19.6 Å². The predicted molar refractivity (Wildman–Crippen MR) is 137 cm³/mol. The number of hydrogen-bond donors (Lipinski definition) is 0. The maximum absolute atomic E-state index is 13.8. The molecule has 34 heavy (non-hydrogen) atoms. The van der Waals surface area contributed by atoms with Crippen LogP contribution in [0.4, 0.5) is 4.39 Å². The van der Waals surface area contributed by atoms with E-state index in [1.54, 1.807) is 17.0 Å². The Labute approximate surface area is 203 Å². The molecule has 6 heteroatoms. The first kappa shape index (κ1) is 25.9. The van der Waals surface area contributed by atoms with Crippen LogP contribution >= 0.6 is 0 Å². The summed E-state index contributed by atoms with van der Waals surface area (Å²) >= 11 is 0. The van der Waals surface area contributed by atoms with E-state index >= 15 is 0 Å². The molecule has 0 aliphatic carbocycles. The molecular formula is C28H39FN4O. The van der Waals surface area contributed by atoms with Gasteiger partial charge >= 0.3 is 0 Å². The molecule has 0 unspecified atom stereocenters. The summed E-state index contributed by atoms with van der Waals surface area (Å²) in [5, 5.41) is 0. The molecular weight excluding hydrogens is 427 g/mol. The zero-order valence-corrected chi connectivity index (χ0v) is 21.4. The average molecular weight is 467 g/mol. The minimum Gasteiger partial charge on any atom is -0.331 e. The quantitative estimate of drug-likeness (QED) is 0.323. The summed E-state index contributed by atoms with van der Waals surface area (Å²) in [4.78, 5) is 22.4. The van der Waals surface area contributed by atoms with E-state index in [-0.39, 0.29) is 11.8 Å². The van der Waals surface area contributed by atoms with Crippen LogP contribution in [0.3, 0.4) is 0 Å². The number of unbranched alkanes of at least 4 members (excludes halogenated alkanes) is 1. The summed E-state index contributed by atoms with van der Waals surface area (Å²) in [5.41, 5.74) is 3.68. The van der Waals surface area contributed by atoms with E-state index in [2.05, 4.69) is 62.4 Å². The van der Waals surface area contributed by atoms with Crippen molar-refractivity contribution in [2.45, 2.75) is 66.6 Å². The minimum absolute atomic E-state index is 0.165. The molecule has 0 radical (unpaired) electrons. The SMILES string of the molecule is CCCCN(C)Cc1ccc2c(c1)nc(CN(CC(C)C)C(=O)c1cccc(F)c1)n2CCC. The molecule has 3 aromatic rings. The highest BCUT2D eigenvalue weighted by atomic mass is 19.1. The summed E-state index contributed by atoms with van der Waals surface area (Å²) < 4.78 is 16.0. The lowest BCUT2D eigenvalue weighted by atomic mass is 10.1. The number of fused-ring (bicyclic) bond motifs is 1. The summed E-state index contributed by atoms with van der Waals surface area (Å²) in [6, 6.07) is 12.5. The van der Waals surface area contributed by atoms with Gasteiger partial charge in [-0.25, -0.2) is 9.37 Å². The monoisotopic (exact) mass is 466 g/mol. The molecule has 0 aliphatic heterocycles. The van der Waals surface area contributed by atoms with Gasteiger partial charge in [0.05, 0.1) is 17.6 Å². The standard InChI is InChI=1S/C28H39FN4O/c1-6-8-15-31(5)19-22-12-13-26-25(16-22)30-27(33(26)14-7-2)20-32(18-21(3)4)28(34)23-10-9-11-24(29)17-23/h9-13,16-17,21H,6-8,14-15,18-20H2,1-5H3. The molecule has 1 heterocycles. The second-order valence-electron chi connectivity index (χ2n) is 9.68. The van der Waals surface area contributed by atoms with Gasteiger partial charge < -0.3 is 14.4 Å². The van der Waals surface area contributed by atoms with E-state index in [4.69, 9.17) is 4.98 Å². The van der Waals surface area contributed by atoms with E-state index in [0.29, 0.717) is 18.7 Å². The van der Waals surface area contributed by atoms with Crippen molar-refractivity contribution >= 4 is 16.9 Å². The fraction of sp³-hybridized carbons (Fsp3) is 0.500. The fourth-order valence-electron chi connectivity index (χ4n) is 4.37. The third-order valence-corrected chi connectivity index (χ3v) is 5.96.